The van der Waals surface area contributed by atoms with Gasteiger partial charge in [0.05, 0.1) is 15.2 Å². The van der Waals surface area contributed by atoms with Crippen molar-refractivity contribution in [3.05, 3.63) is 28.8 Å². The van der Waals surface area contributed by atoms with Gasteiger partial charge in [0.15, 0.2) is 0 Å². The molecule has 1 aromatic carbocycles. The minimum atomic E-state index is 0.300. The second-order valence-electron chi connectivity index (χ2n) is 3.11. The van der Waals surface area contributed by atoms with E-state index in [2.05, 4.69) is 4.98 Å². The molecule has 0 atom stereocenters. The Morgan fingerprint density at radius 1 is 1.43 bits per heavy atom. The molecule has 0 saturated carbocycles. The zero-order valence-corrected chi connectivity index (χ0v) is 8.93. The third kappa shape index (κ3) is 1.51. The lowest BCUT2D eigenvalue weighted by Gasteiger charge is -1.96. The predicted octanol–water partition coefficient (Wildman–Crippen LogP) is 3.34. The van der Waals surface area contributed by atoms with Gasteiger partial charge in [-0.15, -0.1) is 11.3 Å². The number of nitrogens with zero attached hydrogens (tertiary/aromatic N) is 1. The van der Waals surface area contributed by atoms with Crippen LogP contribution in [0.15, 0.2) is 18.2 Å². The number of fused-ring (bicyclic) bond motifs is 1. The summed E-state index contributed by atoms with van der Waals surface area (Å²) in [5.74, 6) is 0.300. The summed E-state index contributed by atoms with van der Waals surface area (Å²) in [5, 5.41) is 10.5. The maximum absolute atomic E-state index is 9.49. The molecule has 0 bridgehead atoms. The van der Waals surface area contributed by atoms with Gasteiger partial charge in [-0.3, -0.25) is 0 Å². The van der Waals surface area contributed by atoms with Crippen molar-refractivity contribution in [3.8, 4) is 5.75 Å². The third-order valence-corrected chi connectivity index (χ3v) is 2.88. The zero-order valence-electron chi connectivity index (χ0n) is 8.11. The molecule has 0 fully saturated rings. The number of hydrogen-bond acceptors (Lipinski definition) is 3. The molecule has 1 N–H and O–H groups in total. The van der Waals surface area contributed by atoms with Gasteiger partial charge in [0.1, 0.15) is 5.75 Å². The van der Waals surface area contributed by atoms with Crippen LogP contribution in [0.25, 0.3) is 16.3 Å². The van der Waals surface area contributed by atoms with Crippen LogP contribution in [0.5, 0.6) is 5.75 Å². The van der Waals surface area contributed by atoms with Crippen LogP contribution < -0.4 is 0 Å². The molecular weight excluding hydrogens is 194 g/mol. The van der Waals surface area contributed by atoms with Gasteiger partial charge in [-0.05, 0) is 26.0 Å². The molecule has 0 aliphatic rings. The van der Waals surface area contributed by atoms with Gasteiger partial charge in [-0.1, -0.05) is 12.2 Å². The van der Waals surface area contributed by atoms with Crippen molar-refractivity contribution >= 4 is 27.6 Å². The molecule has 0 spiro atoms. The SMILES string of the molecule is C/C=C/c1cc(O)cc2sc(C)nc12. The first kappa shape index (κ1) is 9.21. The van der Waals surface area contributed by atoms with Gasteiger partial charge in [0.25, 0.3) is 0 Å². The standard InChI is InChI=1S/C11H11NOS/c1-3-4-8-5-9(13)6-10-11(8)12-7(2)14-10/h3-6,13H,1-2H3/b4-3+. The summed E-state index contributed by atoms with van der Waals surface area (Å²) in [4.78, 5) is 4.43. The van der Waals surface area contributed by atoms with Crippen LogP contribution in [0, 0.1) is 6.92 Å². The van der Waals surface area contributed by atoms with Gasteiger partial charge in [-0.25, -0.2) is 4.98 Å². The molecule has 1 heterocycles. The van der Waals surface area contributed by atoms with Crippen molar-refractivity contribution in [3.63, 3.8) is 0 Å². The number of phenols is 1. The maximum Gasteiger partial charge on any atom is 0.117 e. The van der Waals surface area contributed by atoms with E-state index in [9.17, 15) is 5.11 Å². The first-order valence-corrected chi connectivity index (χ1v) is 5.25. The first-order valence-electron chi connectivity index (χ1n) is 4.43. The molecule has 2 aromatic rings. The second-order valence-corrected chi connectivity index (χ2v) is 4.35. The Kier molecular flexibility index (Phi) is 2.25. The molecule has 0 radical (unpaired) electrons. The average Bonchev–Trinajstić information content (AvgIpc) is 2.45. The van der Waals surface area contributed by atoms with Gasteiger partial charge in [0, 0.05) is 5.56 Å². The molecule has 2 rings (SSSR count). The Bertz CT molecular complexity index is 499. The Hall–Kier alpha value is -1.35. The Balaban J connectivity index is 2.78. The largest absolute Gasteiger partial charge is 0.508 e. The van der Waals surface area contributed by atoms with E-state index in [1.54, 1.807) is 23.5 Å². The van der Waals surface area contributed by atoms with Gasteiger partial charge < -0.3 is 5.11 Å². The normalized spacial score (nSPS) is 11.6. The summed E-state index contributed by atoms with van der Waals surface area (Å²) >= 11 is 1.60. The number of benzene rings is 1. The van der Waals surface area contributed by atoms with Crippen LogP contribution in [0.4, 0.5) is 0 Å². The van der Waals surface area contributed by atoms with Crippen LogP contribution in [0.1, 0.15) is 17.5 Å². The van der Waals surface area contributed by atoms with Crippen molar-refractivity contribution in [2.45, 2.75) is 13.8 Å². The average molecular weight is 205 g/mol. The fraction of sp³-hybridized carbons (Fsp3) is 0.182. The highest BCUT2D eigenvalue weighted by Gasteiger charge is 2.05. The first-order chi connectivity index (χ1) is 6.70. The Labute approximate surface area is 86.5 Å². The summed E-state index contributed by atoms with van der Waals surface area (Å²) in [7, 11) is 0. The molecule has 0 aliphatic heterocycles. The van der Waals surface area contributed by atoms with Crippen molar-refractivity contribution in [2.24, 2.45) is 0 Å². The molecular formula is C11H11NOS. The molecule has 0 amide bonds. The Morgan fingerprint density at radius 3 is 2.93 bits per heavy atom. The number of rotatable bonds is 1. The molecule has 14 heavy (non-hydrogen) atoms. The number of phenolic OH excluding ortho intramolecular Hbond substituents is 1. The minimum Gasteiger partial charge on any atom is -0.508 e. The molecule has 3 heteroatoms. The smallest absolute Gasteiger partial charge is 0.117 e. The second kappa shape index (κ2) is 3.42. The van der Waals surface area contributed by atoms with Crippen LogP contribution in [-0.2, 0) is 0 Å². The molecule has 2 nitrogen and oxygen atoms in total. The Morgan fingerprint density at radius 2 is 2.21 bits per heavy atom. The molecule has 72 valence electrons. The molecule has 0 aliphatic carbocycles. The molecule has 1 aromatic heterocycles. The summed E-state index contributed by atoms with van der Waals surface area (Å²) in [6, 6.07) is 3.49. The van der Waals surface area contributed by atoms with E-state index in [1.807, 2.05) is 26.0 Å². The lowest BCUT2D eigenvalue weighted by Crippen LogP contribution is -1.77. The van der Waals surface area contributed by atoms with Crippen molar-refractivity contribution < 1.29 is 5.11 Å². The maximum atomic E-state index is 9.49. The van der Waals surface area contributed by atoms with Crippen molar-refractivity contribution in [1.82, 2.24) is 4.98 Å². The molecule has 0 unspecified atom stereocenters. The van der Waals surface area contributed by atoms with E-state index in [-0.39, 0.29) is 0 Å². The van der Waals surface area contributed by atoms with Gasteiger partial charge in [0.2, 0.25) is 0 Å². The van der Waals surface area contributed by atoms with Gasteiger partial charge in [-0.2, -0.15) is 0 Å². The van der Waals surface area contributed by atoms with Crippen molar-refractivity contribution in [1.29, 1.82) is 0 Å². The van der Waals surface area contributed by atoms with Crippen LogP contribution in [0.3, 0.4) is 0 Å². The van der Waals surface area contributed by atoms with Gasteiger partial charge >= 0.3 is 0 Å². The van der Waals surface area contributed by atoms with E-state index in [4.69, 9.17) is 0 Å². The summed E-state index contributed by atoms with van der Waals surface area (Å²) in [6.45, 7) is 3.93. The minimum absolute atomic E-state index is 0.300. The number of aryl methyl sites for hydroxylation is 1. The van der Waals surface area contributed by atoms with E-state index in [1.165, 1.54) is 0 Å². The highest BCUT2D eigenvalue weighted by atomic mass is 32.1. The van der Waals surface area contributed by atoms with Crippen LogP contribution in [-0.4, -0.2) is 10.1 Å². The fourth-order valence-electron chi connectivity index (χ4n) is 1.46. The molecule has 0 saturated heterocycles. The van der Waals surface area contributed by atoms with E-state index < -0.39 is 0 Å². The predicted molar refractivity (Wildman–Crippen MR) is 60.7 cm³/mol. The number of aromatic nitrogens is 1. The fourth-order valence-corrected chi connectivity index (χ4v) is 2.35. The summed E-state index contributed by atoms with van der Waals surface area (Å²) < 4.78 is 1.04. The quantitative estimate of drug-likeness (QED) is 0.774. The monoisotopic (exact) mass is 205 g/mol. The lowest BCUT2D eigenvalue weighted by atomic mass is 10.2. The van der Waals surface area contributed by atoms with E-state index in [0.29, 0.717) is 5.75 Å². The van der Waals surface area contributed by atoms with E-state index >= 15 is 0 Å². The highest BCUT2D eigenvalue weighted by molar-refractivity contribution is 7.18. The number of aromatic hydroxyl groups is 1. The number of thiazole rings is 1. The number of hydrogen-bond donors (Lipinski definition) is 1. The summed E-state index contributed by atoms with van der Waals surface area (Å²) in [6.07, 6.45) is 3.91. The van der Waals surface area contributed by atoms with Crippen LogP contribution >= 0.6 is 11.3 Å². The highest BCUT2D eigenvalue weighted by Crippen LogP contribution is 2.29. The lowest BCUT2D eigenvalue weighted by molar-refractivity contribution is 0.476. The van der Waals surface area contributed by atoms with Crippen LogP contribution in [0.2, 0.25) is 0 Å². The summed E-state index contributed by atoms with van der Waals surface area (Å²) in [5.41, 5.74) is 1.95. The van der Waals surface area contributed by atoms with E-state index in [0.717, 1.165) is 20.8 Å². The topological polar surface area (TPSA) is 33.1 Å². The van der Waals surface area contributed by atoms with Crippen molar-refractivity contribution in [2.75, 3.05) is 0 Å². The number of allylic oxidation sites excluding steroid dienone is 1. The third-order valence-electron chi connectivity index (χ3n) is 1.96. The zero-order chi connectivity index (χ0) is 10.1.